The molecule has 2 rings (SSSR count). The van der Waals surface area contributed by atoms with Crippen molar-refractivity contribution in [3.63, 3.8) is 0 Å². The lowest BCUT2D eigenvalue weighted by atomic mass is 10.2. The smallest absolute Gasteiger partial charge is 0.251 e. The SMILES string of the molecule is Cc1ccc(NC(=O)CNC(=O)c2cccc(Cl)c2)cc1F. The van der Waals surface area contributed by atoms with Crippen LogP contribution in [0.1, 0.15) is 15.9 Å². The third-order valence-corrected chi connectivity index (χ3v) is 3.19. The second-order valence-electron chi connectivity index (χ2n) is 4.71. The number of nitrogens with one attached hydrogen (secondary N) is 2. The third kappa shape index (κ3) is 4.30. The van der Waals surface area contributed by atoms with E-state index >= 15 is 0 Å². The predicted octanol–water partition coefficient (Wildman–Crippen LogP) is 3.16. The van der Waals surface area contributed by atoms with E-state index in [1.54, 1.807) is 37.3 Å². The Kier molecular flexibility index (Phi) is 5.12. The molecule has 0 heterocycles. The molecule has 0 atom stereocenters. The zero-order valence-corrected chi connectivity index (χ0v) is 12.6. The summed E-state index contributed by atoms with van der Waals surface area (Å²) in [7, 11) is 0. The molecule has 2 aromatic rings. The molecule has 0 saturated carbocycles. The number of carbonyl (C=O) groups excluding carboxylic acids is 2. The van der Waals surface area contributed by atoms with Crippen molar-refractivity contribution < 1.29 is 14.0 Å². The monoisotopic (exact) mass is 320 g/mol. The molecule has 4 nitrogen and oxygen atoms in total. The van der Waals surface area contributed by atoms with E-state index in [4.69, 9.17) is 11.6 Å². The van der Waals surface area contributed by atoms with Crippen molar-refractivity contribution in [2.75, 3.05) is 11.9 Å². The van der Waals surface area contributed by atoms with Crippen molar-refractivity contribution in [2.24, 2.45) is 0 Å². The molecule has 6 heteroatoms. The molecule has 2 amide bonds. The number of amides is 2. The van der Waals surface area contributed by atoms with Crippen molar-refractivity contribution in [3.8, 4) is 0 Å². The molecule has 2 N–H and O–H groups in total. The summed E-state index contributed by atoms with van der Waals surface area (Å²) in [5.74, 6) is -1.26. The van der Waals surface area contributed by atoms with Crippen LogP contribution in [0.3, 0.4) is 0 Å². The van der Waals surface area contributed by atoms with Crippen molar-refractivity contribution >= 4 is 29.1 Å². The molecule has 114 valence electrons. The van der Waals surface area contributed by atoms with Crippen molar-refractivity contribution in [1.29, 1.82) is 0 Å². The standard InChI is InChI=1S/C16H14ClFN2O2/c1-10-5-6-13(8-14(10)18)20-15(21)9-19-16(22)11-3-2-4-12(17)7-11/h2-8H,9H2,1H3,(H,19,22)(H,20,21). The van der Waals surface area contributed by atoms with Crippen LogP contribution in [-0.4, -0.2) is 18.4 Å². The Morgan fingerprint density at radius 3 is 2.64 bits per heavy atom. The van der Waals surface area contributed by atoms with Gasteiger partial charge in [0.2, 0.25) is 5.91 Å². The minimum atomic E-state index is -0.446. The average Bonchev–Trinajstić information content (AvgIpc) is 2.48. The van der Waals surface area contributed by atoms with Crippen LogP contribution in [0.25, 0.3) is 0 Å². The lowest BCUT2D eigenvalue weighted by Crippen LogP contribution is -2.32. The number of anilines is 1. The van der Waals surface area contributed by atoms with Gasteiger partial charge in [0.15, 0.2) is 0 Å². The molecule has 0 fully saturated rings. The second-order valence-corrected chi connectivity index (χ2v) is 5.14. The number of hydrogen-bond acceptors (Lipinski definition) is 2. The highest BCUT2D eigenvalue weighted by atomic mass is 35.5. The topological polar surface area (TPSA) is 58.2 Å². The lowest BCUT2D eigenvalue weighted by molar-refractivity contribution is -0.115. The van der Waals surface area contributed by atoms with Gasteiger partial charge in [0.1, 0.15) is 5.82 Å². The highest BCUT2D eigenvalue weighted by Crippen LogP contribution is 2.13. The van der Waals surface area contributed by atoms with E-state index in [1.165, 1.54) is 12.1 Å². The van der Waals surface area contributed by atoms with Crippen molar-refractivity contribution in [1.82, 2.24) is 5.32 Å². The molecule has 0 radical (unpaired) electrons. The van der Waals surface area contributed by atoms with Gasteiger partial charge < -0.3 is 10.6 Å². The Balaban J connectivity index is 1.90. The Morgan fingerprint density at radius 2 is 1.95 bits per heavy atom. The fourth-order valence-electron chi connectivity index (χ4n) is 1.77. The fraction of sp³-hybridized carbons (Fsp3) is 0.125. The molecular weight excluding hydrogens is 307 g/mol. The zero-order chi connectivity index (χ0) is 16.1. The van der Waals surface area contributed by atoms with Gasteiger partial charge in [-0.25, -0.2) is 4.39 Å². The maximum absolute atomic E-state index is 13.4. The first kappa shape index (κ1) is 16.0. The Hall–Kier alpha value is -2.40. The molecule has 0 unspecified atom stereocenters. The summed E-state index contributed by atoms with van der Waals surface area (Å²) < 4.78 is 13.4. The van der Waals surface area contributed by atoms with Gasteiger partial charge in [0.25, 0.3) is 5.91 Å². The van der Waals surface area contributed by atoms with Crippen LogP contribution in [0.15, 0.2) is 42.5 Å². The van der Waals surface area contributed by atoms with Gasteiger partial charge in [-0.05, 0) is 42.8 Å². The van der Waals surface area contributed by atoms with E-state index in [0.29, 0.717) is 21.8 Å². The minimum Gasteiger partial charge on any atom is -0.343 e. The van der Waals surface area contributed by atoms with Crippen molar-refractivity contribution in [2.45, 2.75) is 6.92 Å². The highest BCUT2D eigenvalue weighted by Gasteiger charge is 2.09. The normalized spacial score (nSPS) is 10.1. The summed E-state index contributed by atoms with van der Waals surface area (Å²) in [4.78, 5) is 23.6. The Morgan fingerprint density at radius 1 is 1.18 bits per heavy atom. The second kappa shape index (κ2) is 7.04. The Bertz CT molecular complexity index is 719. The molecule has 0 bridgehead atoms. The van der Waals surface area contributed by atoms with E-state index in [9.17, 15) is 14.0 Å². The molecule has 22 heavy (non-hydrogen) atoms. The van der Waals surface area contributed by atoms with Crippen LogP contribution < -0.4 is 10.6 Å². The maximum atomic E-state index is 13.4. The van der Waals surface area contributed by atoms with Crippen LogP contribution in [0, 0.1) is 12.7 Å². The van der Waals surface area contributed by atoms with Gasteiger partial charge in [-0.1, -0.05) is 23.7 Å². The highest BCUT2D eigenvalue weighted by molar-refractivity contribution is 6.31. The average molecular weight is 321 g/mol. The molecule has 0 aliphatic rings. The van der Waals surface area contributed by atoms with E-state index < -0.39 is 17.6 Å². The van der Waals surface area contributed by atoms with Gasteiger partial charge in [-0.15, -0.1) is 0 Å². The summed E-state index contributed by atoms with van der Waals surface area (Å²) >= 11 is 5.79. The van der Waals surface area contributed by atoms with Gasteiger partial charge in [0.05, 0.1) is 6.54 Å². The Labute approximate surface area is 132 Å². The van der Waals surface area contributed by atoms with Crippen LogP contribution >= 0.6 is 11.6 Å². The lowest BCUT2D eigenvalue weighted by Gasteiger charge is -2.08. The zero-order valence-electron chi connectivity index (χ0n) is 11.8. The largest absolute Gasteiger partial charge is 0.343 e. The summed E-state index contributed by atoms with van der Waals surface area (Å²) in [6.07, 6.45) is 0. The van der Waals surface area contributed by atoms with Crippen LogP contribution in [0.2, 0.25) is 5.02 Å². The first-order valence-electron chi connectivity index (χ1n) is 6.55. The maximum Gasteiger partial charge on any atom is 0.251 e. The molecule has 0 aliphatic carbocycles. The van der Waals surface area contributed by atoms with E-state index in [1.807, 2.05) is 0 Å². The molecule has 0 saturated heterocycles. The van der Waals surface area contributed by atoms with E-state index in [0.717, 1.165) is 0 Å². The summed E-state index contributed by atoms with van der Waals surface area (Å²) in [5, 5.41) is 5.41. The number of halogens is 2. The van der Waals surface area contributed by atoms with Gasteiger partial charge in [-0.2, -0.15) is 0 Å². The first-order valence-corrected chi connectivity index (χ1v) is 6.93. The van der Waals surface area contributed by atoms with Gasteiger partial charge in [-0.3, -0.25) is 9.59 Å². The fourth-order valence-corrected chi connectivity index (χ4v) is 1.96. The number of hydrogen-bond donors (Lipinski definition) is 2. The summed E-state index contributed by atoms with van der Waals surface area (Å²) in [6, 6.07) is 10.8. The number of carbonyl (C=O) groups is 2. The van der Waals surface area contributed by atoms with Gasteiger partial charge >= 0.3 is 0 Å². The minimum absolute atomic E-state index is 0.221. The summed E-state index contributed by atoms with van der Waals surface area (Å²) in [6.45, 7) is 1.41. The number of rotatable bonds is 4. The van der Waals surface area contributed by atoms with Crippen LogP contribution in [0.5, 0.6) is 0 Å². The summed E-state index contributed by atoms with van der Waals surface area (Å²) in [5.41, 5.74) is 1.19. The van der Waals surface area contributed by atoms with Crippen molar-refractivity contribution in [3.05, 3.63) is 64.4 Å². The first-order chi connectivity index (χ1) is 10.5. The predicted molar refractivity (Wildman–Crippen MR) is 83.6 cm³/mol. The quantitative estimate of drug-likeness (QED) is 0.909. The molecular formula is C16H14ClFN2O2. The molecule has 0 spiro atoms. The van der Waals surface area contributed by atoms with Gasteiger partial charge in [0, 0.05) is 16.3 Å². The molecule has 0 aromatic heterocycles. The van der Waals surface area contributed by atoms with E-state index in [2.05, 4.69) is 10.6 Å². The molecule has 0 aliphatic heterocycles. The third-order valence-electron chi connectivity index (χ3n) is 2.95. The van der Waals surface area contributed by atoms with Crippen LogP contribution in [-0.2, 0) is 4.79 Å². The number of benzene rings is 2. The van der Waals surface area contributed by atoms with Crippen LogP contribution in [0.4, 0.5) is 10.1 Å². The molecule has 2 aromatic carbocycles. The number of aryl methyl sites for hydroxylation is 1. The van der Waals surface area contributed by atoms with E-state index in [-0.39, 0.29) is 6.54 Å².